The van der Waals surface area contributed by atoms with Crippen LogP contribution in [0.4, 0.5) is 0 Å². The molecule has 0 bridgehead atoms. The molecule has 7 heteroatoms. The Balaban J connectivity index is 1.62. The number of aromatic nitrogens is 2. The molecule has 0 saturated heterocycles. The molecule has 1 aromatic carbocycles. The van der Waals surface area contributed by atoms with Crippen LogP contribution in [-0.4, -0.2) is 15.3 Å². The number of nitrogens with zero attached hydrogens (tertiary/aromatic N) is 2. The molecule has 1 aliphatic carbocycles. The van der Waals surface area contributed by atoms with Crippen LogP contribution in [0.2, 0.25) is 5.02 Å². The summed E-state index contributed by atoms with van der Waals surface area (Å²) in [5, 5.41) is 3.44. The van der Waals surface area contributed by atoms with E-state index in [4.69, 9.17) is 11.6 Å². The molecule has 134 valence electrons. The summed E-state index contributed by atoms with van der Waals surface area (Å²) >= 11 is 7.43. The summed E-state index contributed by atoms with van der Waals surface area (Å²) in [4.78, 5) is 31.7. The van der Waals surface area contributed by atoms with E-state index in [2.05, 4.69) is 10.3 Å². The van der Waals surface area contributed by atoms with Crippen LogP contribution in [0.5, 0.6) is 0 Å². The molecule has 4 rings (SSSR count). The van der Waals surface area contributed by atoms with Crippen LogP contribution >= 0.6 is 22.9 Å². The van der Waals surface area contributed by atoms with Crippen molar-refractivity contribution in [3.63, 3.8) is 0 Å². The van der Waals surface area contributed by atoms with Gasteiger partial charge in [-0.1, -0.05) is 30.2 Å². The zero-order valence-corrected chi connectivity index (χ0v) is 15.7. The molecule has 1 N–H and O–H groups in total. The van der Waals surface area contributed by atoms with E-state index in [1.807, 2.05) is 12.1 Å². The van der Waals surface area contributed by atoms with E-state index >= 15 is 0 Å². The molecule has 0 unspecified atom stereocenters. The highest BCUT2D eigenvalue weighted by molar-refractivity contribution is 7.17. The van der Waals surface area contributed by atoms with Crippen molar-refractivity contribution in [2.24, 2.45) is 0 Å². The van der Waals surface area contributed by atoms with Crippen LogP contribution in [0, 0.1) is 0 Å². The number of carbonyl (C=O) groups is 1. The van der Waals surface area contributed by atoms with Gasteiger partial charge >= 0.3 is 0 Å². The van der Waals surface area contributed by atoms with Crippen LogP contribution in [0.3, 0.4) is 0 Å². The third-order valence-corrected chi connectivity index (χ3v) is 6.07. The third-order valence-electron chi connectivity index (χ3n) is 4.66. The fourth-order valence-corrected chi connectivity index (χ4v) is 4.57. The Kier molecular flexibility index (Phi) is 4.78. The van der Waals surface area contributed by atoms with Crippen LogP contribution in [0.1, 0.15) is 45.8 Å². The Morgan fingerprint density at radius 1 is 1.19 bits per heavy atom. The van der Waals surface area contributed by atoms with Crippen LogP contribution < -0.4 is 10.9 Å². The molecule has 26 heavy (non-hydrogen) atoms. The Morgan fingerprint density at radius 3 is 2.77 bits per heavy atom. The van der Waals surface area contributed by atoms with Crippen LogP contribution in [0.25, 0.3) is 4.96 Å². The van der Waals surface area contributed by atoms with Gasteiger partial charge < -0.3 is 5.32 Å². The minimum atomic E-state index is -0.402. The van der Waals surface area contributed by atoms with Crippen molar-refractivity contribution in [2.75, 3.05) is 0 Å². The van der Waals surface area contributed by atoms with Gasteiger partial charge in [0.15, 0.2) is 4.96 Å². The van der Waals surface area contributed by atoms with E-state index in [1.165, 1.54) is 17.5 Å². The van der Waals surface area contributed by atoms with Gasteiger partial charge in [0.2, 0.25) is 0 Å². The lowest BCUT2D eigenvalue weighted by atomic mass is 10.2. The molecular formula is C19H18ClN3O2S. The molecule has 5 nitrogen and oxygen atoms in total. The summed E-state index contributed by atoms with van der Waals surface area (Å²) in [5.41, 5.74) is 1.76. The molecular weight excluding hydrogens is 370 g/mol. The van der Waals surface area contributed by atoms with Crippen molar-refractivity contribution in [3.05, 3.63) is 67.5 Å². The van der Waals surface area contributed by atoms with E-state index in [1.54, 1.807) is 27.9 Å². The fraction of sp³-hybridized carbons (Fsp3) is 0.316. The standard InChI is InChI=1S/C19H18ClN3O2S/c20-13-8-6-12(7-9-13)10-21-17(24)14-11-22-19-23(18(14)25)15-4-2-1-3-5-16(15)26-19/h6-9,11H,1-5,10H2,(H,21,24). The van der Waals surface area contributed by atoms with E-state index < -0.39 is 5.91 Å². The summed E-state index contributed by atoms with van der Waals surface area (Å²) in [6.07, 6.45) is 6.63. The second kappa shape index (κ2) is 7.21. The smallest absolute Gasteiger partial charge is 0.271 e. The first-order chi connectivity index (χ1) is 12.6. The average molecular weight is 388 g/mol. The second-order valence-corrected chi connectivity index (χ2v) is 7.94. The zero-order valence-electron chi connectivity index (χ0n) is 14.1. The van der Waals surface area contributed by atoms with E-state index in [0.29, 0.717) is 16.5 Å². The highest BCUT2D eigenvalue weighted by atomic mass is 35.5. The lowest BCUT2D eigenvalue weighted by Gasteiger charge is -2.06. The van der Waals surface area contributed by atoms with Gasteiger partial charge in [-0.3, -0.25) is 14.0 Å². The predicted octanol–water partition coefficient (Wildman–Crippen LogP) is 3.61. The summed E-state index contributed by atoms with van der Waals surface area (Å²) in [7, 11) is 0. The first-order valence-corrected chi connectivity index (χ1v) is 9.88. The molecule has 0 saturated carbocycles. The van der Waals surface area contributed by atoms with E-state index in [-0.39, 0.29) is 11.1 Å². The van der Waals surface area contributed by atoms with Gasteiger partial charge in [-0.15, -0.1) is 11.3 Å². The number of amides is 1. The number of hydrogen-bond donors (Lipinski definition) is 1. The number of benzene rings is 1. The molecule has 2 heterocycles. The number of thiazole rings is 1. The average Bonchev–Trinajstić information content (AvgIpc) is 2.84. The monoisotopic (exact) mass is 387 g/mol. The Hall–Kier alpha value is -2.18. The quantitative estimate of drug-likeness (QED) is 0.698. The number of aryl methyl sites for hydroxylation is 2. The predicted molar refractivity (Wildman–Crippen MR) is 103 cm³/mol. The maximum absolute atomic E-state index is 12.9. The van der Waals surface area contributed by atoms with Gasteiger partial charge in [-0.25, -0.2) is 4.98 Å². The van der Waals surface area contributed by atoms with E-state index in [9.17, 15) is 9.59 Å². The first kappa shape index (κ1) is 17.2. The summed E-state index contributed by atoms with van der Waals surface area (Å²) in [6.45, 7) is 0.333. The number of fused-ring (bicyclic) bond motifs is 3. The highest BCUT2D eigenvalue weighted by Gasteiger charge is 2.20. The molecule has 2 aromatic heterocycles. The Labute approximate surface area is 159 Å². The number of halogens is 1. The van der Waals surface area contributed by atoms with Gasteiger partial charge in [0.1, 0.15) is 5.56 Å². The molecule has 0 fully saturated rings. The molecule has 0 aliphatic heterocycles. The molecule has 1 aliphatic rings. The molecule has 0 spiro atoms. The van der Waals surface area contributed by atoms with Crippen LogP contribution in [-0.2, 0) is 19.4 Å². The molecule has 0 radical (unpaired) electrons. The molecule has 3 aromatic rings. The van der Waals surface area contributed by atoms with Crippen molar-refractivity contribution in [3.8, 4) is 0 Å². The Morgan fingerprint density at radius 2 is 1.96 bits per heavy atom. The van der Waals surface area contributed by atoms with Crippen molar-refractivity contribution in [1.82, 2.24) is 14.7 Å². The Bertz CT molecular complexity index is 1020. The van der Waals surface area contributed by atoms with Gasteiger partial charge in [0.25, 0.3) is 11.5 Å². The number of nitrogens with one attached hydrogen (secondary N) is 1. The zero-order chi connectivity index (χ0) is 18.1. The third kappa shape index (κ3) is 3.27. The van der Waals surface area contributed by atoms with Crippen molar-refractivity contribution in [2.45, 2.75) is 38.6 Å². The fourth-order valence-electron chi connectivity index (χ4n) is 3.28. The van der Waals surface area contributed by atoms with Gasteiger partial charge in [-0.2, -0.15) is 0 Å². The maximum Gasteiger partial charge on any atom is 0.271 e. The van der Waals surface area contributed by atoms with E-state index in [0.717, 1.165) is 36.9 Å². The van der Waals surface area contributed by atoms with Crippen molar-refractivity contribution < 1.29 is 4.79 Å². The lowest BCUT2D eigenvalue weighted by molar-refractivity contribution is 0.0949. The normalized spacial score (nSPS) is 14.0. The number of hydrogen-bond acceptors (Lipinski definition) is 4. The summed E-state index contributed by atoms with van der Waals surface area (Å²) < 4.78 is 1.64. The molecule has 0 atom stereocenters. The van der Waals surface area contributed by atoms with Crippen molar-refractivity contribution in [1.29, 1.82) is 0 Å². The second-order valence-electron chi connectivity index (χ2n) is 6.44. The van der Waals surface area contributed by atoms with Gasteiger partial charge in [0, 0.05) is 28.3 Å². The minimum Gasteiger partial charge on any atom is -0.348 e. The minimum absolute atomic E-state index is 0.0845. The number of carbonyl (C=O) groups excluding carboxylic acids is 1. The topological polar surface area (TPSA) is 63.5 Å². The molecule has 1 amide bonds. The van der Waals surface area contributed by atoms with Crippen LogP contribution in [0.15, 0.2) is 35.3 Å². The lowest BCUT2D eigenvalue weighted by Crippen LogP contribution is -2.31. The van der Waals surface area contributed by atoms with Gasteiger partial charge in [-0.05, 0) is 43.4 Å². The highest BCUT2D eigenvalue weighted by Crippen LogP contribution is 2.27. The summed E-state index contributed by atoms with van der Waals surface area (Å²) in [6, 6.07) is 7.23. The first-order valence-electron chi connectivity index (χ1n) is 8.68. The summed E-state index contributed by atoms with van der Waals surface area (Å²) in [5.74, 6) is -0.402. The maximum atomic E-state index is 12.9. The largest absolute Gasteiger partial charge is 0.348 e. The van der Waals surface area contributed by atoms with Crippen molar-refractivity contribution >= 4 is 33.8 Å². The number of rotatable bonds is 3. The van der Waals surface area contributed by atoms with Gasteiger partial charge in [0.05, 0.1) is 0 Å². The SMILES string of the molecule is O=C(NCc1ccc(Cl)cc1)c1cnc2sc3c(n2c1=O)CCCCC3.